The van der Waals surface area contributed by atoms with Crippen LogP contribution in [0.3, 0.4) is 0 Å². The molecular weight excluding hydrogens is 366 g/mol. The van der Waals surface area contributed by atoms with E-state index in [1.165, 1.54) is 11.0 Å². The van der Waals surface area contributed by atoms with Crippen LogP contribution >= 0.6 is 11.6 Å². The maximum Gasteiger partial charge on any atom is 0.410 e. The number of hydrogen-bond acceptors (Lipinski definition) is 6. The molecule has 1 aromatic heterocycles. The number of rotatable bonds is 3. The van der Waals surface area contributed by atoms with E-state index in [1.807, 2.05) is 0 Å². The Bertz CT molecular complexity index is 726. The lowest BCUT2D eigenvalue weighted by Gasteiger charge is -2.36. The first-order valence-electron chi connectivity index (χ1n) is 8.21. The van der Waals surface area contributed by atoms with E-state index in [0.717, 1.165) is 12.8 Å². The number of sulfone groups is 1. The van der Waals surface area contributed by atoms with Gasteiger partial charge in [-0.3, -0.25) is 0 Å². The predicted octanol–water partition coefficient (Wildman–Crippen LogP) is 3.00. The molecule has 0 saturated carbocycles. The van der Waals surface area contributed by atoms with Crippen LogP contribution < -0.4 is 0 Å². The number of ether oxygens (including phenoxy) is 1. The van der Waals surface area contributed by atoms with Crippen LogP contribution in [-0.2, 0) is 14.6 Å². The number of likely N-dealkylation sites (tertiary alicyclic amines) is 1. The smallest absolute Gasteiger partial charge is 0.410 e. The predicted molar refractivity (Wildman–Crippen MR) is 94.4 cm³/mol. The summed E-state index contributed by atoms with van der Waals surface area (Å²) in [6, 6.07) is 1.03. The van der Waals surface area contributed by atoms with E-state index in [4.69, 9.17) is 16.3 Å². The van der Waals surface area contributed by atoms with Crippen LogP contribution in [-0.4, -0.2) is 53.3 Å². The highest BCUT2D eigenvalue weighted by molar-refractivity contribution is 7.91. The molecule has 2 heterocycles. The largest absolute Gasteiger partial charge is 0.444 e. The van der Waals surface area contributed by atoms with Crippen LogP contribution in [0.5, 0.6) is 0 Å². The van der Waals surface area contributed by atoms with Crippen molar-refractivity contribution >= 4 is 27.5 Å². The van der Waals surface area contributed by atoms with Gasteiger partial charge in [0.05, 0.1) is 5.75 Å². The van der Waals surface area contributed by atoms with Gasteiger partial charge in [0.25, 0.3) is 0 Å². The molecule has 1 fully saturated rings. The molecule has 1 atom stereocenters. The average Bonchev–Trinajstić information content (AvgIpc) is 2.44. The molecule has 140 valence electrons. The summed E-state index contributed by atoms with van der Waals surface area (Å²) in [5.41, 5.74) is -0.156. The molecule has 1 saturated heterocycles. The summed E-state index contributed by atoms with van der Waals surface area (Å²) in [4.78, 5) is 21.7. The fraction of sp³-hybridized carbons (Fsp3) is 0.688. The second kappa shape index (κ2) is 7.45. The number of halogens is 1. The van der Waals surface area contributed by atoms with E-state index in [2.05, 4.69) is 9.97 Å². The molecule has 25 heavy (non-hydrogen) atoms. The third-order valence-corrected chi connectivity index (χ3v) is 5.50. The zero-order valence-corrected chi connectivity index (χ0v) is 16.5. The number of carbonyl (C=O) groups is 1. The minimum Gasteiger partial charge on any atom is -0.444 e. The van der Waals surface area contributed by atoms with Gasteiger partial charge in [0.15, 0.2) is 0 Å². The third kappa shape index (κ3) is 5.54. The average molecular weight is 390 g/mol. The molecule has 0 aromatic carbocycles. The van der Waals surface area contributed by atoms with Gasteiger partial charge in [-0.2, -0.15) is 0 Å². The first kappa shape index (κ1) is 19.9. The molecule has 9 heteroatoms. The van der Waals surface area contributed by atoms with Gasteiger partial charge in [0, 0.05) is 18.3 Å². The molecule has 1 aliphatic heterocycles. The summed E-state index contributed by atoms with van der Waals surface area (Å²) in [5, 5.41) is -0.217. The van der Waals surface area contributed by atoms with Crippen LogP contribution in [0.25, 0.3) is 0 Å². The van der Waals surface area contributed by atoms with Crippen molar-refractivity contribution in [2.24, 2.45) is 0 Å². The lowest BCUT2D eigenvalue weighted by atomic mass is 10.0. The molecule has 2 rings (SSSR count). The molecule has 0 unspecified atom stereocenters. The van der Waals surface area contributed by atoms with Crippen molar-refractivity contribution in [2.45, 2.75) is 63.8 Å². The Labute approximate surface area is 153 Å². The zero-order valence-electron chi connectivity index (χ0n) is 15.0. The van der Waals surface area contributed by atoms with E-state index < -0.39 is 27.6 Å². The number of nitrogens with zero attached hydrogens (tertiary/aromatic N) is 3. The molecule has 7 nitrogen and oxygen atoms in total. The highest BCUT2D eigenvalue weighted by Crippen LogP contribution is 2.23. The highest BCUT2D eigenvalue weighted by atomic mass is 35.5. The Morgan fingerprint density at radius 3 is 2.64 bits per heavy atom. The van der Waals surface area contributed by atoms with Crippen molar-refractivity contribution in [1.29, 1.82) is 0 Å². The molecule has 0 spiro atoms. The molecule has 0 radical (unpaired) electrons. The van der Waals surface area contributed by atoms with E-state index in [0.29, 0.717) is 18.7 Å². The Morgan fingerprint density at radius 2 is 2.04 bits per heavy atom. The number of carbonyl (C=O) groups excluding carboxylic acids is 1. The second-order valence-electron chi connectivity index (χ2n) is 7.22. The standard InChI is InChI=1S/C16H24ClN3O4S/c1-11-9-13(17)19-14(18-11)25(22,23)10-12-7-5-6-8-20(12)15(21)24-16(2,3)4/h9,12H,5-8,10H2,1-4H3/t12-/m1/s1. The topological polar surface area (TPSA) is 89.5 Å². The Morgan fingerprint density at radius 1 is 1.36 bits per heavy atom. The maximum atomic E-state index is 12.7. The van der Waals surface area contributed by atoms with Gasteiger partial charge in [-0.1, -0.05) is 11.6 Å². The lowest BCUT2D eigenvalue weighted by molar-refractivity contribution is 0.0124. The van der Waals surface area contributed by atoms with Crippen LogP contribution in [0.2, 0.25) is 5.15 Å². The summed E-state index contributed by atoms with van der Waals surface area (Å²) in [6.45, 7) is 7.47. The van der Waals surface area contributed by atoms with E-state index in [9.17, 15) is 13.2 Å². The summed E-state index contributed by atoms with van der Waals surface area (Å²) < 4.78 is 30.8. The van der Waals surface area contributed by atoms with Crippen LogP contribution in [0.15, 0.2) is 11.2 Å². The quantitative estimate of drug-likeness (QED) is 0.583. The Balaban J connectivity index is 2.21. The first-order valence-corrected chi connectivity index (χ1v) is 10.2. The molecule has 1 aromatic rings. The Hall–Kier alpha value is -1.41. The van der Waals surface area contributed by atoms with Crippen LogP contribution in [0, 0.1) is 6.92 Å². The number of piperidine rings is 1. The number of aromatic nitrogens is 2. The van der Waals surface area contributed by atoms with Crippen molar-refractivity contribution in [2.75, 3.05) is 12.3 Å². The van der Waals surface area contributed by atoms with Gasteiger partial charge in [0.1, 0.15) is 10.8 Å². The fourth-order valence-corrected chi connectivity index (χ4v) is 4.52. The summed E-state index contributed by atoms with van der Waals surface area (Å²) in [7, 11) is -3.77. The Kier molecular flexibility index (Phi) is 5.93. The van der Waals surface area contributed by atoms with E-state index in [-0.39, 0.29) is 16.1 Å². The van der Waals surface area contributed by atoms with E-state index in [1.54, 1.807) is 27.7 Å². The SMILES string of the molecule is Cc1cc(Cl)nc(S(=O)(=O)C[C@H]2CCCCN2C(=O)OC(C)(C)C)n1. The fourth-order valence-electron chi connectivity index (χ4n) is 2.71. The summed E-state index contributed by atoms with van der Waals surface area (Å²) in [5.74, 6) is -0.244. The minimum absolute atomic E-state index is 0.0821. The van der Waals surface area contributed by atoms with Crippen molar-refractivity contribution in [3.05, 3.63) is 16.9 Å². The van der Waals surface area contributed by atoms with Crippen molar-refractivity contribution in [3.8, 4) is 0 Å². The second-order valence-corrected chi connectivity index (χ2v) is 9.53. The normalized spacial score (nSPS) is 18.9. The van der Waals surface area contributed by atoms with Gasteiger partial charge in [-0.15, -0.1) is 0 Å². The first-order chi connectivity index (χ1) is 11.5. The van der Waals surface area contributed by atoms with Gasteiger partial charge >= 0.3 is 6.09 Å². The van der Waals surface area contributed by atoms with Gasteiger partial charge < -0.3 is 9.64 Å². The third-order valence-electron chi connectivity index (χ3n) is 3.75. The highest BCUT2D eigenvalue weighted by Gasteiger charge is 2.35. The number of amides is 1. The maximum absolute atomic E-state index is 12.7. The molecule has 0 N–H and O–H groups in total. The summed E-state index contributed by atoms with van der Waals surface area (Å²) in [6.07, 6.45) is 1.78. The van der Waals surface area contributed by atoms with Gasteiger partial charge in [-0.05, 0) is 53.0 Å². The van der Waals surface area contributed by atoms with Gasteiger partial charge in [0.2, 0.25) is 15.0 Å². The molecular formula is C16H24ClN3O4S. The van der Waals surface area contributed by atoms with Crippen molar-refractivity contribution < 1.29 is 17.9 Å². The molecule has 0 bridgehead atoms. The summed E-state index contributed by atoms with van der Waals surface area (Å²) >= 11 is 5.85. The molecule has 1 amide bonds. The molecule has 1 aliphatic rings. The van der Waals surface area contributed by atoms with Gasteiger partial charge in [-0.25, -0.2) is 23.2 Å². The minimum atomic E-state index is -3.77. The van der Waals surface area contributed by atoms with E-state index >= 15 is 0 Å². The zero-order chi connectivity index (χ0) is 18.8. The van der Waals surface area contributed by atoms with Crippen molar-refractivity contribution in [1.82, 2.24) is 14.9 Å². The monoisotopic (exact) mass is 389 g/mol. The lowest BCUT2D eigenvalue weighted by Crippen LogP contribution is -2.49. The molecule has 0 aliphatic carbocycles. The number of hydrogen-bond donors (Lipinski definition) is 0. The van der Waals surface area contributed by atoms with Crippen LogP contribution in [0.1, 0.15) is 45.7 Å². The van der Waals surface area contributed by atoms with Crippen LogP contribution in [0.4, 0.5) is 4.79 Å². The number of aryl methyl sites for hydroxylation is 1. The van der Waals surface area contributed by atoms with Crippen molar-refractivity contribution in [3.63, 3.8) is 0 Å².